The van der Waals surface area contributed by atoms with Gasteiger partial charge < -0.3 is 15.8 Å². The van der Waals surface area contributed by atoms with Gasteiger partial charge in [0.2, 0.25) is 0 Å². The first kappa shape index (κ1) is 16.0. The van der Waals surface area contributed by atoms with E-state index < -0.39 is 0 Å². The van der Waals surface area contributed by atoms with E-state index in [1.54, 1.807) is 5.38 Å². The zero-order valence-electron chi connectivity index (χ0n) is 13.3. The first-order chi connectivity index (χ1) is 11.0. The number of hydrogen-bond acceptors (Lipinski definition) is 5. The molecule has 0 radical (unpaired) electrons. The van der Waals surface area contributed by atoms with Crippen molar-refractivity contribution in [2.45, 2.75) is 38.3 Å². The molecule has 0 saturated carbocycles. The van der Waals surface area contributed by atoms with Gasteiger partial charge in [0.25, 0.3) is 5.91 Å². The summed E-state index contributed by atoms with van der Waals surface area (Å²) >= 11 is 1.47. The molecule has 5 nitrogen and oxygen atoms in total. The third kappa shape index (κ3) is 3.54. The normalized spacial score (nSPS) is 18.8. The quantitative estimate of drug-likeness (QED) is 0.903. The second kappa shape index (κ2) is 6.29. The topological polar surface area (TPSA) is 77.2 Å². The van der Waals surface area contributed by atoms with Gasteiger partial charge in [-0.2, -0.15) is 0 Å². The van der Waals surface area contributed by atoms with Crippen LogP contribution in [0.2, 0.25) is 0 Å². The lowest BCUT2D eigenvalue weighted by Crippen LogP contribution is -2.41. The van der Waals surface area contributed by atoms with Crippen LogP contribution in [-0.2, 0) is 6.42 Å². The number of ether oxygens (including phenoxy) is 1. The summed E-state index contributed by atoms with van der Waals surface area (Å²) in [5, 5.41) is 5.78. The summed E-state index contributed by atoms with van der Waals surface area (Å²) in [5.41, 5.74) is 6.68. The van der Waals surface area contributed by atoms with Gasteiger partial charge in [-0.1, -0.05) is 18.2 Å². The Morgan fingerprint density at radius 2 is 2.26 bits per heavy atom. The van der Waals surface area contributed by atoms with Gasteiger partial charge in [-0.3, -0.25) is 4.79 Å². The lowest BCUT2D eigenvalue weighted by Gasteiger charge is -2.37. The summed E-state index contributed by atoms with van der Waals surface area (Å²) in [6, 6.07) is 7.76. The zero-order chi connectivity index (χ0) is 16.4. The van der Waals surface area contributed by atoms with Crippen LogP contribution in [0, 0.1) is 0 Å². The molecule has 1 unspecified atom stereocenters. The van der Waals surface area contributed by atoms with Crippen molar-refractivity contribution in [2.24, 2.45) is 5.73 Å². The van der Waals surface area contributed by atoms with Crippen LogP contribution >= 0.6 is 11.3 Å². The number of rotatable bonds is 4. The van der Waals surface area contributed by atoms with Crippen LogP contribution in [0.1, 0.15) is 47.4 Å². The second-order valence-electron chi connectivity index (χ2n) is 6.29. The van der Waals surface area contributed by atoms with Gasteiger partial charge in [0.1, 0.15) is 17.0 Å². The molecule has 1 aliphatic rings. The largest absolute Gasteiger partial charge is 0.487 e. The van der Waals surface area contributed by atoms with Crippen molar-refractivity contribution in [1.82, 2.24) is 10.3 Å². The van der Waals surface area contributed by atoms with Crippen LogP contribution in [-0.4, -0.2) is 23.0 Å². The Morgan fingerprint density at radius 1 is 1.48 bits per heavy atom. The van der Waals surface area contributed by atoms with Gasteiger partial charge in [0.05, 0.1) is 11.0 Å². The van der Waals surface area contributed by atoms with Gasteiger partial charge >= 0.3 is 0 Å². The molecule has 0 saturated heterocycles. The predicted octanol–water partition coefficient (Wildman–Crippen LogP) is 2.68. The van der Waals surface area contributed by atoms with Crippen LogP contribution in [0.15, 0.2) is 29.6 Å². The zero-order valence-corrected chi connectivity index (χ0v) is 14.2. The number of nitrogens with two attached hydrogens (primary N) is 1. The fourth-order valence-corrected chi connectivity index (χ4v) is 3.61. The minimum absolute atomic E-state index is 0.0814. The Hall–Kier alpha value is -1.92. The van der Waals surface area contributed by atoms with Gasteiger partial charge in [0.15, 0.2) is 0 Å². The van der Waals surface area contributed by atoms with E-state index in [0.717, 1.165) is 22.7 Å². The number of thiazole rings is 1. The molecular formula is C17H21N3O2S. The molecule has 23 heavy (non-hydrogen) atoms. The Kier molecular flexibility index (Phi) is 4.37. The van der Waals surface area contributed by atoms with E-state index in [2.05, 4.69) is 10.3 Å². The Bertz CT molecular complexity index is 711. The minimum atomic E-state index is -0.320. The van der Waals surface area contributed by atoms with E-state index in [0.29, 0.717) is 18.7 Å². The Balaban J connectivity index is 1.79. The molecule has 1 aromatic carbocycles. The van der Waals surface area contributed by atoms with Gasteiger partial charge in [-0.05, 0) is 26.5 Å². The van der Waals surface area contributed by atoms with Crippen LogP contribution in [0.5, 0.6) is 5.75 Å². The summed E-state index contributed by atoms with van der Waals surface area (Å²) < 4.78 is 5.99. The monoisotopic (exact) mass is 331 g/mol. The van der Waals surface area contributed by atoms with Crippen molar-refractivity contribution in [2.75, 3.05) is 6.54 Å². The number of amides is 1. The average Bonchev–Trinajstić information content (AvgIpc) is 2.95. The standard InChI is InChI=1S/C17H21N3O2S/c1-17(2)9-12(11-5-3-4-6-14(11)22-17)20-16(21)13-10-23-15(19-13)7-8-18/h3-6,10,12H,7-9,18H2,1-2H3,(H,20,21). The maximum Gasteiger partial charge on any atom is 0.271 e. The number of benzene rings is 1. The summed E-state index contributed by atoms with van der Waals surface area (Å²) in [4.78, 5) is 16.9. The lowest BCUT2D eigenvalue weighted by atomic mass is 9.89. The van der Waals surface area contributed by atoms with E-state index in [9.17, 15) is 4.79 Å². The first-order valence-electron chi connectivity index (χ1n) is 7.72. The second-order valence-corrected chi connectivity index (χ2v) is 7.24. The molecule has 1 aliphatic heterocycles. The van der Waals surface area contributed by atoms with Crippen LogP contribution in [0.3, 0.4) is 0 Å². The highest BCUT2D eigenvalue weighted by molar-refractivity contribution is 7.09. The third-order valence-corrected chi connectivity index (χ3v) is 4.73. The predicted molar refractivity (Wildman–Crippen MR) is 90.8 cm³/mol. The smallest absolute Gasteiger partial charge is 0.271 e. The lowest BCUT2D eigenvalue weighted by molar-refractivity contribution is 0.0618. The van der Waals surface area contributed by atoms with Crippen molar-refractivity contribution in [3.8, 4) is 5.75 Å². The minimum Gasteiger partial charge on any atom is -0.487 e. The molecule has 1 amide bonds. The van der Waals surface area contributed by atoms with Gasteiger partial charge in [-0.25, -0.2) is 4.98 Å². The van der Waals surface area contributed by atoms with E-state index in [4.69, 9.17) is 10.5 Å². The highest BCUT2D eigenvalue weighted by Crippen LogP contribution is 2.39. The number of hydrogen-bond donors (Lipinski definition) is 2. The molecule has 0 bridgehead atoms. The maximum atomic E-state index is 12.5. The number of carbonyl (C=O) groups is 1. The molecule has 2 heterocycles. The molecule has 6 heteroatoms. The molecule has 3 N–H and O–H groups in total. The Morgan fingerprint density at radius 3 is 3.04 bits per heavy atom. The van der Waals surface area contributed by atoms with Crippen LogP contribution in [0.25, 0.3) is 0 Å². The van der Waals surface area contributed by atoms with Crippen LogP contribution in [0.4, 0.5) is 0 Å². The molecule has 2 aromatic rings. The van der Waals surface area contributed by atoms with E-state index in [-0.39, 0.29) is 17.6 Å². The highest BCUT2D eigenvalue weighted by atomic mass is 32.1. The van der Waals surface area contributed by atoms with E-state index >= 15 is 0 Å². The summed E-state index contributed by atoms with van der Waals surface area (Å²) in [5.74, 6) is 0.679. The number of nitrogens with zero attached hydrogens (tertiary/aromatic N) is 1. The SMILES string of the molecule is CC1(C)CC(NC(=O)c2csc(CCN)n2)c2ccccc2O1. The third-order valence-electron chi connectivity index (χ3n) is 3.82. The number of aromatic nitrogens is 1. The molecule has 122 valence electrons. The van der Waals surface area contributed by atoms with Gasteiger partial charge in [-0.15, -0.1) is 11.3 Å². The average molecular weight is 331 g/mol. The number of fused-ring (bicyclic) bond motifs is 1. The fourth-order valence-electron chi connectivity index (χ4n) is 2.82. The van der Waals surface area contributed by atoms with Crippen molar-refractivity contribution in [3.05, 3.63) is 45.9 Å². The first-order valence-corrected chi connectivity index (χ1v) is 8.60. The fraction of sp³-hybridized carbons (Fsp3) is 0.412. The maximum absolute atomic E-state index is 12.5. The number of para-hydroxylation sites is 1. The van der Waals surface area contributed by atoms with Crippen molar-refractivity contribution < 1.29 is 9.53 Å². The Labute approximate surface area is 139 Å². The van der Waals surface area contributed by atoms with Gasteiger partial charge in [0, 0.05) is 23.8 Å². The van der Waals surface area contributed by atoms with Crippen molar-refractivity contribution >= 4 is 17.2 Å². The van der Waals surface area contributed by atoms with Crippen molar-refractivity contribution in [3.63, 3.8) is 0 Å². The summed E-state index contributed by atoms with van der Waals surface area (Å²) in [6.07, 6.45) is 1.42. The number of carbonyl (C=O) groups excluding carboxylic acids is 1. The van der Waals surface area contributed by atoms with E-state index in [1.807, 2.05) is 38.1 Å². The van der Waals surface area contributed by atoms with E-state index in [1.165, 1.54) is 11.3 Å². The summed E-state index contributed by atoms with van der Waals surface area (Å²) in [6.45, 7) is 4.60. The summed E-state index contributed by atoms with van der Waals surface area (Å²) in [7, 11) is 0. The molecule has 0 spiro atoms. The number of nitrogens with one attached hydrogen (secondary N) is 1. The molecule has 1 aromatic heterocycles. The molecule has 0 fully saturated rings. The molecule has 0 aliphatic carbocycles. The van der Waals surface area contributed by atoms with Crippen LogP contribution < -0.4 is 15.8 Å². The molecule has 1 atom stereocenters. The molecule has 3 rings (SSSR count). The molecular weight excluding hydrogens is 310 g/mol. The van der Waals surface area contributed by atoms with Crippen molar-refractivity contribution in [1.29, 1.82) is 0 Å². The highest BCUT2D eigenvalue weighted by Gasteiger charge is 2.34.